The normalized spacial score (nSPS) is 13.4. The monoisotopic (exact) mass is 232 g/mol. The highest BCUT2D eigenvalue weighted by molar-refractivity contribution is 5.76. The van der Waals surface area contributed by atoms with Crippen LogP contribution < -0.4 is 10.6 Å². The van der Waals surface area contributed by atoms with E-state index < -0.39 is 0 Å². The van der Waals surface area contributed by atoms with Gasteiger partial charge in [0.05, 0.1) is 0 Å². The Balaban J connectivity index is 1.89. The molecule has 1 amide bonds. The number of amides is 1. The Morgan fingerprint density at radius 2 is 2.29 bits per heavy atom. The fourth-order valence-corrected chi connectivity index (χ4v) is 2.15. The first-order valence-electron chi connectivity index (χ1n) is 6.30. The molecular weight excluding hydrogens is 212 g/mol. The third kappa shape index (κ3) is 3.22. The van der Waals surface area contributed by atoms with Crippen LogP contribution in [0.15, 0.2) is 18.2 Å². The van der Waals surface area contributed by atoms with Crippen LogP contribution in [-0.2, 0) is 17.6 Å². The molecule has 2 rings (SSSR count). The van der Waals surface area contributed by atoms with Gasteiger partial charge in [-0.3, -0.25) is 4.79 Å². The molecule has 0 unspecified atom stereocenters. The van der Waals surface area contributed by atoms with Gasteiger partial charge >= 0.3 is 0 Å². The average Bonchev–Trinajstić information content (AvgIpc) is 2.72. The largest absolute Gasteiger partial charge is 0.384 e. The summed E-state index contributed by atoms with van der Waals surface area (Å²) in [5, 5.41) is 6.27. The van der Waals surface area contributed by atoms with Crippen LogP contribution in [0.5, 0.6) is 0 Å². The number of anilines is 1. The van der Waals surface area contributed by atoms with Crippen molar-refractivity contribution in [2.24, 2.45) is 0 Å². The second-order valence-corrected chi connectivity index (χ2v) is 4.89. The Kier molecular flexibility index (Phi) is 3.67. The zero-order valence-electron chi connectivity index (χ0n) is 10.5. The summed E-state index contributed by atoms with van der Waals surface area (Å²) in [5.41, 5.74) is 3.87. The van der Waals surface area contributed by atoms with Crippen LogP contribution in [0, 0.1) is 0 Å². The summed E-state index contributed by atoms with van der Waals surface area (Å²) >= 11 is 0. The first-order chi connectivity index (χ1) is 8.15. The van der Waals surface area contributed by atoms with Crippen LogP contribution in [0.4, 0.5) is 5.69 Å². The van der Waals surface area contributed by atoms with Crippen molar-refractivity contribution < 1.29 is 4.79 Å². The lowest BCUT2D eigenvalue weighted by Gasteiger charge is -2.08. The van der Waals surface area contributed by atoms with Crippen LogP contribution in [-0.4, -0.2) is 18.5 Å². The van der Waals surface area contributed by atoms with Crippen LogP contribution in [0.25, 0.3) is 0 Å². The van der Waals surface area contributed by atoms with Gasteiger partial charge in [0.15, 0.2) is 0 Å². The highest BCUT2D eigenvalue weighted by atomic mass is 16.1. The van der Waals surface area contributed by atoms with E-state index in [2.05, 4.69) is 28.8 Å². The summed E-state index contributed by atoms with van der Waals surface area (Å²) in [5.74, 6) is 0.133. The molecule has 1 heterocycles. The smallest absolute Gasteiger partial charge is 0.220 e. The van der Waals surface area contributed by atoms with Crippen LogP contribution in [0.3, 0.4) is 0 Å². The van der Waals surface area contributed by atoms with Gasteiger partial charge in [0, 0.05) is 24.7 Å². The molecule has 1 aliphatic rings. The second-order valence-electron chi connectivity index (χ2n) is 4.89. The standard InChI is InChI=1S/C14H20N2O/c1-10(2)16-14(17)6-4-11-3-5-12-7-8-15-13(12)9-11/h3,5,9-10,15H,4,6-8H2,1-2H3,(H,16,17). The first kappa shape index (κ1) is 12.0. The van der Waals surface area contributed by atoms with Crippen molar-refractivity contribution in [3.63, 3.8) is 0 Å². The fraction of sp³-hybridized carbons (Fsp3) is 0.500. The number of rotatable bonds is 4. The third-order valence-corrected chi connectivity index (χ3v) is 2.97. The Morgan fingerprint density at radius 3 is 3.06 bits per heavy atom. The Morgan fingerprint density at radius 1 is 1.47 bits per heavy atom. The Hall–Kier alpha value is -1.51. The lowest BCUT2D eigenvalue weighted by atomic mass is 10.1. The topological polar surface area (TPSA) is 41.1 Å². The minimum absolute atomic E-state index is 0.133. The van der Waals surface area contributed by atoms with Gasteiger partial charge in [0.1, 0.15) is 0 Å². The predicted molar refractivity (Wildman–Crippen MR) is 70.2 cm³/mol. The highest BCUT2D eigenvalue weighted by Gasteiger charge is 2.10. The van der Waals surface area contributed by atoms with E-state index in [4.69, 9.17) is 0 Å². The van der Waals surface area contributed by atoms with Crippen molar-refractivity contribution >= 4 is 11.6 Å². The third-order valence-electron chi connectivity index (χ3n) is 2.97. The summed E-state index contributed by atoms with van der Waals surface area (Å²) in [6.45, 7) is 5.00. The van der Waals surface area contributed by atoms with E-state index in [0.29, 0.717) is 6.42 Å². The zero-order valence-corrected chi connectivity index (χ0v) is 10.5. The van der Waals surface area contributed by atoms with Crippen LogP contribution in [0.1, 0.15) is 31.4 Å². The fourth-order valence-electron chi connectivity index (χ4n) is 2.15. The molecule has 0 spiro atoms. The molecule has 1 aromatic carbocycles. The van der Waals surface area contributed by atoms with E-state index in [-0.39, 0.29) is 11.9 Å². The van der Waals surface area contributed by atoms with Gasteiger partial charge < -0.3 is 10.6 Å². The summed E-state index contributed by atoms with van der Waals surface area (Å²) in [6, 6.07) is 6.70. The molecule has 2 N–H and O–H groups in total. The number of nitrogens with one attached hydrogen (secondary N) is 2. The SMILES string of the molecule is CC(C)NC(=O)CCc1ccc2c(c1)NCC2. The molecule has 0 saturated heterocycles. The zero-order chi connectivity index (χ0) is 12.3. The van der Waals surface area contributed by atoms with Gasteiger partial charge in [-0.1, -0.05) is 12.1 Å². The number of carbonyl (C=O) groups is 1. The van der Waals surface area contributed by atoms with Crippen molar-refractivity contribution in [3.05, 3.63) is 29.3 Å². The first-order valence-corrected chi connectivity index (χ1v) is 6.30. The molecule has 1 aromatic rings. The Labute approximate surface area is 103 Å². The second kappa shape index (κ2) is 5.21. The highest BCUT2D eigenvalue weighted by Crippen LogP contribution is 2.23. The summed E-state index contributed by atoms with van der Waals surface area (Å²) in [4.78, 5) is 11.5. The van der Waals surface area contributed by atoms with Crippen molar-refractivity contribution in [2.75, 3.05) is 11.9 Å². The number of carbonyl (C=O) groups excluding carboxylic acids is 1. The molecule has 1 aliphatic heterocycles. The molecule has 3 heteroatoms. The van der Waals surface area contributed by atoms with Crippen molar-refractivity contribution in [1.29, 1.82) is 0 Å². The van der Waals surface area contributed by atoms with Gasteiger partial charge in [-0.15, -0.1) is 0 Å². The summed E-state index contributed by atoms with van der Waals surface area (Å²) < 4.78 is 0. The van der Waals surface area contributed by atoms with Crippen LogP contribution in [0.2, 0.25) is 0 Å². The average molecular weight is 232 g/mol. The number of fused-ring (bicyclic) bond motifs is 1. The molecule has 3 nitrogen and oxygen atoms in total. The molecule has 0 aromatic heterocycles. The molecular formula is C14H20N2O. The van der Waals surface area contributed by atoms with E-state index >= 15 is 0 Å². The van der Waals surface area contributed by atoms with E-state index in [0.717, 1.165) is 19.4 Å². The molecule has 0 aliphatic carbocycles. The van der Waals surface area contributed by atoms with Crippen molar-refractivity contribution in [3.8, 4) is 0 Å². The molecule has 0 bridgehead atoms. The molecule has 0 saturated carbocycles. The van der Waals surface area contributed by atoms with E-state index in [9.17, 15) is 4.79 Å². The summed E-state index contributed by atoms with van der Waals surface area (Å²) in [6.07, 6.45) is 2.49. The van der Waals surface area contributed by atoms with Gasteiger partial charge in [0.25, 0.3) is 0 Å². The number of hydrogen-bond donors (Lipinski definition) is 2. The lowest BCUT2D eigenvalue weighted by Crippen LogP contribution is -2.30. The maximum Gasteiger partial charge on any atom is 0.220 e. The molecule has 0 radical (unpaired) electrons. The molecule has 0 atom stereocenters. The number of aryl methyl sites for hydroxylation is 1. The number of hydrogen-bond acceptors (Lipinski definition) is 2. The number of benzene rings is 1. The lowest BCUT2D eigenvalue weighted by molar-refractivity contribution is -0.121. The van der Waals surface area contributed by atoms with Gasteiger partial charge in [0.2, 0.25) is 5.91 Å². The van der Waals surface area contributed by atoms with E-state index in [1.807, 2.05) is 13.8 Å². The Bertz CT molecular complexity index is 413. The maximum atomic E-state index is 11.5. The van der Waals surface area contributed by atoms with Gasteiger partial charge in [-0.2, -0.15) is 0 Å². The van der Waals surface area contributed by atoms with E-state index in [1.165, 1.54) is 16.8 Å². The molecule has 92 valence electrons. The molecule has 0 fully saturated rings. The maximum absolute atomic E-state index is 11.5. The van der Waals surface area contributed by atoms with Gasteiger partial charge in [-0.25, -0.2) is 0 Å². The predicted octanol–water partition coefficient (Wildman–Crippen LogP) is 2.11. The van der Waals surface area contributed by atoms with Crippen molar-refractivity contribution in [1.82, 2.24) is 5.32 Å². The minimum Gasteiger partial charge on any atom is -0.384 e. The summed E-state index contributed by atoms with van der Waals surface area (Å²) in [7, 11) is 0. The van der Waals surface area contributed by atoms with Crippen molar-refractivity contribution in [2.45, 2.75) is 39.2 Å². The minimum atomic E-state index is 0.133. The molecule has 17 heavy (non-hydrogen) atoms. The van der Waals surface area contributed by atoms with Crippen LogP contribution >= 0.6 is 0 Å². The quantitative estimate of drug-likeness (QED) is 0.835. The van der Waals surface area contributed by atoms with Gasteiger partial charge in [-0.05, 0) is 43.9 Å². The van der Waals surface area contributed by atoms with E-state index in [1.54, 1.807) is 0 Å².